The summed E-state index contributed by atoms with van der Waals surface area (Å²) in [6.45, 7) is 6.31. The van der Waals surface area contributed by atoms with Crippen LogP contribution in [0.2, 0.25) is 0 Å². The first kappa shape index (κ1) is 13.7. The van der Waals surface area contributed by atoms with Crippen LogP contribution in [-0.4, -0.2) is 19.4 Å². The Hall–Kier alpha value is -1.38. The molecule has 17 heavy (non-hydrogen) atoms. The Bertz CT molecular complexity index is 390. The predicted molar refractivity (Wildman–Crippen MR) is 69.1 cm³/mol. The molecule has 0 saturated carbocycles. The highest BCUT2D eigenvalue weighted by Crippen LogP contribution is 2.25. The van der Waals surface area contributed by atoms with Gasteiger partial charge in [-0.1, -0.05) is 19.9 Å². The Morgan fingerprint density at radius 1 is 1.35 bits per heavy atom. The minimum atomic E-state index is -0.340. The zero-order valence-corrected chi connectivity index (χ0v) is 10.9. The van der Waals surface area contributed by atoms with Gasteiger partial charge in [-0.05, 0) is 31.4 Å². The van der Waals surface area contributed by atoms with Gasteiger partial charge in [0.1, 0.15) is 5.82 Å². The molecule has 0 saturated heterocycles. The Morgan fingerprint density at radius 3 is 2.53 bits per heavy atom. The summed E-state index contributed by atoms with van der Waals surface area (Å²) in [5, 5.41) is 0. The number of nitrogens with zero attached hydrogens (tertiary/aromatic N) is 1. The molecule has 1 aromatic carbocycles. The van der Waals surface area contributed by atoms with Gasteiger partial charge in [-0.15, -0.1) is 0 Å². The molecule has 1 unspecified atom stereocenters. The van der Waals surface area contributed by atoms with Crippen LogP contribution in [0.4, 0.5) is 10.1 Å². The summed E-state index contributed by atoms with van der Waals surface area (Å²) in [7, 11) is 1.83. The Kier molecular flexibility index (Phi) is 4.67. The van der Waals surface area contributed by atoms with Crippen LogP contribution in [0.3, 0.4) is 0 Å². The molecule has 1 rings (SSSR count). The summed E-state index contributed by atoms with van der Waals surface area (Å²) < 4.78 is 13.8. The minimum Gasteiger partial charge on any atom is -0.369 e. The highest BCUT2D eigenvalue weighted by atomic mass is 19.1. The van der Waals surface area contributed by atoms with Crippen molar-refractivity contribution in [1.29, 1.82) is 0 Å². The van der Waals surface area contributed by atoms with E-state index in [1.165, 1.54) is 6.07 Å². The summed E-state index contributed by atoms with van der Waals surface area (Å²) >= 11 is 0. The molecule has 94 valence electrons. The SMILES string of the molecule is CC(C)CC(C)N(C)c1c(F)cccc1C=O. The number of anilines is 1. The molecule has 0 bridgehead atoms. The summed E-state index contributed by atoms with van der Waals surface area (Å²) in [6.07, 6.45) is 1.67. The first-order chi connectivity index (χ1) is 7.97. The van der Waals surface area contributed by atoms with Crippen molar-refractivity contribution in [3.63, 3.8) is 0 Å². The minimum absolute atomic E-state index is 0.200. The van der Waals surface area contributed by atoms with E-state index in [1.807, 2.05) is 18.9 Å². The van der Waals surface area contributed by atoms with Crippen molar-refractivity contribution in [3.05, 3.63) is 29.6 Å². The van der Waals surface area contributed by atoms with E-state index in [4.69, 9.17) is 0 Å². The Labute approximate surface area is 102 Å². The van der Waals surface area contributed by atoms with E-state index in [-0.39, 0.29) is 11.9 Å². The van der Waals surface area contributed by atoms with Crippen molar-refractivity contribution in [3.8, 4) is 0 Å². The fourth-order valence-corrected chi connectivity index (χ4v) is 2.06. The van der Waals surface area contributed by atoms with E-state index in [9.17, 15) is 9.18 Å². The van der Waals surface area contributed by atoms with Crippen LogP contribution in [0, 0.1) is 11.7 Å². The lowest BCUT2D eigenvalue weighted by molar-refractivity contribution is 0.112. The van der Waals surface area contributed by atoms with E-state index in [0.29, 0.717) is 23.5 Å². The highest BCUT2D eigenvalue weighted by Gasteiger charge is 2.18. The largest absolute Gasteiger partial charge is 0.369 e. The van der Waals surface area contributed by atoms with E-state index >= 15 is 0 Å². The molecule has 0 aliphatic heterocycles. The molecule has 0 amide bonds. The van der Waals surface area contributed by atoms with Gasteiger partial charge in [0.15, 0.2) is 6.29 Å². The molecule has 0 N–H and O–H groups in total. The van der Waals surface area contributed by atoms with E-state index < -0.39 is 0 Å². The second-order valence-corrected chi connectivity index (χ2v) is 4.88. The maximum absolute atomic E-state index is 13.8. The molecule has 2 nitrogen and oxygen atoms in total. The lowest BCUT2D eigenvalue weighted by atomic mass is 10.0. The van der Waals surface area contributed by atoms with Crippen molar-refractivity contribution >= 4 is 12.0 Å². The van der Waals surface area contributed by atoms with Gasteiger partial charge in [0.25, 0.3) is 0 Å². The highest BCUT2D eigenvalue weighted by molar-refractivity contribution is 5.84. The summed E-state index contributed by atoms with van der Waals surface area (Å²) in [5.41, 5.74) is 0.804. The van der Waals surface area contributed by atoms with Gasteiger partial charge in [0.2, 0.25) is 0 Å². The third kappa shape index (κ3) is 3.29. The lowest BCUT2D eigenvalue weighted by Crippen LogP contribution is -2.31. The van der Waals surface area contributed by atoms with Gasteiger partial charge in [-0.25, -0.2) is 4.39 Å². The van der Waals surface area contributed by atoms with Crippen LogP contribution in [0.1, 0.15) is 37.6 Å². The van der Waals surface area contributed by atoms with Gasteiger partial charge < -0.3 is 4.90 Å². The first-order valence-electron chi connectivity index (χ1n) is 5.93. The quantitative estimate of drug-likeness (QED) is 0.730. The average Bonchev–Trinajstić information content (AvgIpc) is 2.26. The van der Waals surface area contributed by atoms with Gasteiger partial charge in [0.05, 0.1) is 5.69 Å². The fourth-order valence-electron chi connectivity index (χ4n) is 2.06. The number of hydrogen-bond acceptors (Lipinski definition) is 2. The third-order valence-corrected chi connectivity index (χ3v) is 2.97. The molecule has 0 fully saturated rings. The number of rotatable bonds is 5. The summed E-state index contributed by atoms with van der Waals surface area (Å²) in [4.78, 5) is 12.8. The van der Waals surface area contributed by atoms with Gasteiger partial charge >= 0.3 is 0 Å². The molecule has 1 atom stereocenters. The number of halogens is 1. The summed E-state index contributed by atoms with van der Waals surface area (Å²) in [6, 6.07) is 4.79. The molecule has 3 heteroatoms. The van der Waals surface area contributed by atoms with Crippen molar-refractivity contribution in [1.82, 2.24) is 0 Å². The molecule has 1 aromatic rings. The number of carbonyl (C=O) groups excluding carboxylic acids is 1. The van der Waals surface area contributed by atoms with E-state index in [1.54, 1.807) is 12.1 Å². The normalized spacial score (nSPS) is 12.6. The fraction of sp³-hybridized carbons (Fsp3) is 0.500. The number of carbonyl (C=O) groups is 1. The molecule has 0 aromatic heterocycles. The van der Waals surface area contributed by atoms with Crippen LogP contribution in [0.5, 0.6) is 0 Å². The average molecular weight is 237 g/mol. The molecular weight excluding hydrogens is 217 g/mol. The molecular formula is C14H20FNO. The maximum Gasteiger partial charge on any atom is 0.152 e. The molecule has 0 spiro atoms. The van der Waals surface area contributed by atoms with Gasteiger partial charge in [-0.2, -0.15) is 0 Å². The molecule has 0 heterocycles. The number of benzene rings is 1. The Morgan fingerprint density at radius 2 is 2.00 bits per heavy atom. The number of hydrogen-bond donors (Lipinski definition) is 0. The monoisotopic (exact) mass is 237 g/mol. The zero-order chi connectivity index (χ0) is 13.0. The van der Waals surface area contributed by atoms with Crippen LogP contribution in [0.15, 0.2) is 18.2 Å². The summed E-state index contributed by atoms with van der Waals surface area (Å²) in [5.74, 6) is 0.201. The van der Waals surface area contributed by atoms with Gasteiger partial charge in [-0.3, -0.25) is 4.79 Å². The van der Waals surface area contributed by atoms with E-state index in [2.05, 4.69) is 13.8 Å². The maximum atomic E-state index is 13.8. The molecule has 0 aliphatic carbocycles. The van der Waals surface area contributed by atoms with Crippen LogP contribution in [-0.2, 0) is 0 Å². The number of aldehydes is 1. The second-order valence-electron chi connectivity index (χ2n) is 4.88. The van der Waals surface area contributed by atoms with Crippen molar-refractivity contribution in [2.45, 2.75) is 33.2 Å². The van der Waals surface area contributed by atoms with Crippen LogP contribution < -0.4 is 4.90 Å². The molecule has 0 aliphatic rings. The lowest BCUT2D eigenvalue weighted by Gasteiger charge is -2.29. The molecule has 0 radical (unpaired) electrons. The standard InChI is InChI=1S/C14H20FNO/c1-10(2)8-11(3)16(4)14-12(9-17)6-5-7-13(14)15/h5-7,9-11H,8H2,1-4H3. The third-order valence-electron chi connectivity index (χ3n) is 2.97. The van der Waals surface area contributed by atoms with Crippen LogP contribution in [0.25, 0.3) is 0 Å². The predicted octanol–water partition coefficient (Wildman–Crippen LogP) is 3.51. The topological polar surface area (TPSA) is 20.3 Å². The van der Waals surface area contributed by atoms with E-state index in [0.717, 1.165) is 6.42 Å². The van der Waals surface area contributed by atoms with Crippen LogP contribution >= 0.6 is 0 Å². The second kappa shape index (κ2) is 5.80. The Balaban J connectivity index is 3.02. The van der Waals surface area contributed by atoms with Crippen molar-refractivity contribution in [2.24, 2.45) is 5.92 Å². The smallest absolute Gasteiger partial charge is 0.152 e. The van der Waals surface area contributed by atoms with Gasteiger partial charge in [0, 0.05) is 18.7 Å². The first-order valence-corrected chi connectivity index (χ1v) is 5.93. The number of para-hydroxylation sites is 1. The van der Waals surface area contributed by atoms with Crippen molar-refractivity contribution < 1.29 is 9.18 Å². The van der Waals surface area contributed by atoms with Crippen molar-refractivity contribution in [2.75, 3.05) is 11.9 Å². The zero-order valence-electron chi connectivity index (χ0n) is 10.9.